The molecule has 0 amide bonds. The third-order valence-corrected chi connectivity index (χ3v) is 2.24. The number of halogens is 1. The van der Waals surface area contributed by atoms with E-state index in [2.05, 4.69) is 4.99 Å². The molecular formula is C11H10FNO. The van der Waals surface area contributed by atoms with E-state index < -0.39 is 0 Å². The Morgan fingerprint density at radius 1 is 1.21 bits per heavy atom. The molecule has 0 unspecified atom stereocenters. The molecule has 0 fully saturated rings. The Morgan fingerprint density at radius 2 is 1.93 bits per heavy atom. The number of carbonyl (C=O) groups excluding carboxylic acids is 1. The zero-order valence-corrected chi connectivity index (χ0v) is 7.66. The molecule has 0 atom stereocenters. The molecule has 1 aromatic rings. The van der Waals surface area contributed by atoms with Crippen molar-refractivity contribution in [3.63, 3.8) is 0 Å². The minimum Gasteiger partial charge on any atom is -0.299 e. The Bertz CT molecular complexity index is 381. The van der Waals surface area contributed by atoms with Gasteiger partial charge in [0.1, 0.15) is 11.6 Å². The van der Waals surface area contributed by atoms with Crippen molar-refractivity contribution in [3.05, 3.63) is 35.6 Å². The maximum atomic E-state index is 12.6. The van der Waals surface area contributed by atoms with E-state index >= 15 is 0 Å². The van der Waals surface area contributed by atoms with E-state index in [0.29, 0.717) is 19.4 Å². The Kier molecular flexibility index (Phi) is 2.39. The first kappa shape index (κ1) is 9.06. The van der Waals surface area contributed by atoms with Crippen LogP contribution in [0.3, 0.4) is 0 Å². The Balaban J connectivity index is 2.26. The van der Waals surface area contributed by atoms with Crippen molar-refractivity contribution in [1.82, 2.24) is 0 Å². The van der Waals surface area contributed by atoms with Gasteiger partial charge in [-0.2, -0.15) is 0 Å². The van der Waals surface area contributed by atoms with Crippen LogP contribution in [0.4, 0.5) is 4.39 Å². The number of ketones is 1. The molecule has 1 aliphatic rings. The number of hydrogen-bond acceptors (Lipinski definition) is 2. The number of benzene rings is 1. The molecule has 1 aromatic carbocycles. The van der Waals surface area contributed by atoms with Gasteiger partial charge in [0.15, 0.2) is 0 Å². The summed E-state index contributed by atoms with van der Waals surface area (Å²) < 4.78 is 12.6. The third-order valence-electron chi connectivity index (χ3n) is 2.24. The number of hydrogen-bond donors (Lipinski definition) is 0. The normalized spacial score (nSPS) is 16.6. The molecule has 0 aliphatic carbocycles. The molecule has 0 N–H and O–H groups in total. The topological polar surface area (TPSA) is 29.4 Å². The molecule has 3 heteroatoms. The molecule has 72 valence electrons. The van der Waals surface area contributed by atoms with Gasteiger partial charge in [0.05, 0.1) is 0 Å². The van der Waals surface area contributed by atoms with Gasteiger partial charge < -0.3 is 0 Å². The lowest BCUT2D eigenvalue weighted by Gasteiger charge is -2.10. The zero-order valence-electron chi connectivity index (χ0n) is 7.66. The van der Waals surface area contributed by atoms with Gasteiger partial charge in [-0.05, 0) is 17.7 Å². The highest BCUT2D eigenvalue weighted by molar-refractivity contribution is 6.12. The second kappa shape index (κ2) is 3.70. The zero-order chi connectivity index (χ0) is 9.97. The van der Waals surface area contributed by atoms with Crippen LogP contribution in [0.1, 0.15) is 18.4 Å². The van der Waals surface area contributed by atoms with Gasteiger partial charge in [0.25, 0.3) is 0 Å². The molecule has 2 rings (SSSR count). The van der Waals surface area contributed by atoms with Crippen LogP contribution in [0.5, 0.6) is 0 Å². The van der Waals surface area contributed by atoms with Gasteiger partial charge in [0, 0.05) is 25.1 Å². The maximum Gasteiger partial charge on any atom is 0.140 e. The summed E-state index contributed by atoms with van der Waals surface area (Å²) in [4.78, 5) is 15.4. The highest BCUT2D eigenvalue weighted by Gasteiger charge is 2.13. The summed E-state index contributed by atoms with van der Waals surface area (Å²) in [6, 6.07) is 6.09. The quantitative estimate of drug-likeness (QED) is 0.667. The number of aliphatic imine (C=N–C) groups is 1. The first-order valence-electron chi connectivity index (χ1n) is 4.56. The summed E-state index contributed by atoms with van der Waals surface area (Å²) in [6.45, 7) is 0.561. The number of Topliss-reactive ketones (excluding diaryl/α,β-unsaturated/α-hetero) is 1. The highest BCUT2D eigenvalue weighted by atomic mass is 19.1. The molecular weight excluding hydrogens is 181 g/mol. The monoisotopic (exact) mass is 191 g/mol. The van der Waals surface area contributed by atoms with Gasteiger partial charge in [-0.3, -0.25) is 9.79 Å². The van der Waals surface area contributed by atoms with Crippen LogP contribution in [0.2, 0.25) is 0 Å². The summed E-state index contributed by atoms with van der Waals surface area (Å²) in [5.74, 6) is -0.0594. The summed E-state index contributed by atoms with van der Waals surface area (Å²) in [6.07, 6.45) is 0.913. The van der Waals surface area contributed by atoms with E-state index in [1.807, 2.05) is 0 Å². The van der Waals surface area contributed by atoms with E-state index in [1.54, 1.807) is 12.1 Å². The lowest BCUT2D eigenvalue weighted by Crippen LogP contribution is -2.16. The van der Waals surface area contributed by atoms with E-state index in [9.17, 15) is 9.18 Å². The maximum absolute atomic E-state index is 12.6. The molecule has 0 spiro atoms. The molecule has 0 aromatic heterocycles. The fourth-order valence-corrected chi connectivity index (χ4v) is 1.48. The molecule has 0 radical (unpaired) electrons. The summed E-state index contributed by atoms with van der Waals surface area (Å²) >= 11 is 0. The van der Waals surface area contributed by atoms with Crippen molar-refractivity contribution >= 4 is 11.5 Å². The fourth-order valence-electron chi connectivity index (χ4n) is 1.48. The standard InChI is InChI=1S/C11H10FNO/c12-9-3-1-8(2-4-9)11-7-10(14)5-6-13-11/h1-4H,5-7H2. The van der Waals surface area contributed by atoms with Crippen LogP contribution in [0.25, 0.3) is 0 Å². The average Bonchev–Trinajstić information content (AvgIpc) is 2.19. The van der Waals surface area contributed by atoms with Crippen LogP contribution < -0.4 is 0 Å². The van der Waals surface area contributed by atoms with Gasteiger partial charge >= 0.3 is 0 Å². The van der Waals surface area contributed by atoms with Gasteiger partial charge in [-0.1, -0.05) is 12.1 Å². The second-order valence-electron chi connectivity index (χ2n) is 3.30. The number of nitrogens with zero attached hydrogens (tertiary/aromatic N) is 1. The second-order valence-corrected chi connectivity index (χ2v) is 3.30. The van der Waals surface area contributed by atoms with Crippen molar-refractivity contribution in [3.8, 4) is 0 Å². The van der Waals surface area contributed by atoms with E-state index in [0.717, 1.165) is 11.3 Å². The van der Waals surface area contributed by atoms with Gasteiger partial charge in [-0.15, -0.1) is 0 Å². The largest absolute Gasteiger partial charge is 0.299 e. The summed E-state index contributed by atoms with van der Waals surface area (Å²) in [5.41, 5.74) is 1.63. The molecule has 0 saturated carbocycles. The lowest BCUT2D eigenvalue weighted by atomic mass is 10.0. The Morgan fingerprint density at radius 3 is 2.57 bits per heavy atom. The van der Waals surface area contributed by atoms with Crippen molar-refractivity contribution in [2.75, 3.05) is 6.54 Å². The predicted octanol–water partition coefficient (Wildman–Crippen LogP) is 1.98. The van der Waals surface area contributed by atoms with Crippen molar-refractivity contribution < 1.29 is 9.18 Å². The smallest absolute Gasteiger partial charge is 0.140 e. The van der Waals surface area contributed by atoms with Crippen LogP contribution in [0, 0.1) is 5.82 Å². The minimum absolute atomic E-state index is 0.208. The van der Waals surface area contributed by atoms with E-state index in [-0.39, 0.29) is 11.6 Å². The van der Waals surface area contributed by atoms with E-state index in [4.69, 9.17) is 0 Å². The molecule has 0 saturated heterocycles. The summed E-state index contributed by atoms with van der Waals surface area (Å²) in [7, 11) is 0. The van der Waals surface area contributed by atoms with Gasteiger partial charge in [0.2, 0.25) is 0 Å². The van der Waals surface area contributed by atoms with Gasteiger partial charge in [-0.25, -0.2) is 4.39 Å². The van der Waals surface area contributed by atoms with Crippen molar-refractivity contribution in [2.24, 2.45) is 4.99 Å². The number of rotatable bonds is 1. The average molecular weight is 191 g/mol. The molecule has 1 heterocycles. The van der Waals surface area contributed by atoms with Crippen LogP contribution in [-0.4, -0.2) is 18.0 Å². The third kappa shape index (κ3) is 1.87. The van der Waals surface area contributed by atoms with Crippen LogP contribution in [0.15, 0.2) is 29.3 Å². The number of carbonyl (C=O) groups is 1. The van der Waals surface area contributed by atoms with E-state index in [1.165, 1.54) is 12.1 Å². The summed E-state index contributed by atoms with van der Waals surface area (Å²) in [5, 5.41) is 0. The molecule has 0 bridgehead atoms. The van der Waals surface area contributed by atoms with Crippen molar-refractivity contribution in [1.29, 1.82) is 0 Å². The lowest BCUT2D eigenvalue weighted by molar-refractivity contribution is -0.117. The highest BCUT2D eigenvalue weighted by Crippen LogP contribution is 2.11. The Hall–Kier alpha value is -1.51. The van der Waals surface area contributed by atoms with Crippen LogP contribution in [-0.2, 0) is 4.79 Å². The first-order chi connectivity index (χ1) is 6.75. The fraction of sp³-hybridized carbons (Fsp3) is 0.273. The predicted molar refractivity (Wildman–Crippen MR) is 52.0 cm³/mol. The van der Waals surface area contributed by atoms with Crippen molar-refractivity contribution in [2.45, 2.75) is 12.8 Å². The molecule has 2 nitrogen and oxygen atoms in total. The molecule has 1 aliphatic heterocycles. The SMILES string of the molecule is O=C1CCN=C(c2ccc(F)cc2)C1. The van der Waals surface area contributed by atoms with Crippen LogP contribution >= 0.6 is 0 Å². The Labute approximate surface area is 81.5 Å². The minimum atomic E-state index is -0.267. The first-order valence-corrected chi connectivity index (χ1v) is 4.56. The molecule has 14 heavy (non-hydrogen) atoms.